The SMILES string of the molecule is CNCC(=O)NCC1CCOCC1.Cl. The number of likely N-dealkylation sites (N-methyl/N-ethyl adjacent to an activating group) is 1. The summed E-state index contributed by atoms with van der Waals surface area (Å²) in [6, 6.07) is 0. The Labute approximate surface area is 91.2 Å². The maximum Gasteiger partial charge on any atom is 0.233 e. The van der Waals surface area contributed by atoms with Gasteiger partial charge < -0.3 is 15.4 Å². The van der Waals surface area contributed by atoms with Crippen molar-refractivity contribution in [1.29, 1.82) is 0 Å². The Hall–Kier alpha value is -0.320. The molecule has 1 aliphatic heterocycles. The van der Waals surface area contributed by atoms with Crippen molar-refractivity contribution < 1.29 is 9.53 Å². The topological polar surface area (TPSA) is 50.4 Å². The summed E-state index contributed by atoms with van der Waals surface area (Å²) in [5, 5.41) is 5.71. The Bertz CT molecular complexity index is 161. The number of carbonyl (C=O) groups is 1. The lowest BCUT2D eigenvalue weighted by molar-refractivity contribution is -0.120. The molecule has 1 heterocycles. The van der Waals surface area contributed by atoms with E-state index in [2.05, 4.69) is 10.6 Å². The monoisotopic (exact) mass is 222 g/mol. The summed E-state index contributed by atoms with van der Waals surface area (Å²) < 4.78 is 5.23. The molecule has 0 saturated carbocycles. The summed E-state index contributed by atoms with van der Waals surface area (Å²) in [6.45, 7) is 2.88. The van der Waals surface area contributed by atoms with Crippen LogP contribution in [0.4, 0.5) is 0 Å². The number of amides is 1. The van der Waals surface area contributed by atoms with Crippen LogP contribution in [0.15, 0.2) is 0 Å². The van der Waals surface area contributed by atoms with Crippen molar-refractivity contribution in [1.82, 2.24) is 10.6 Å². The number of halogens is 1. The molecule has 14 heavy (non-hydrogen) atoms. The van der Waals surface area contributed by atoms with Crippen LogP contribution in [0.1, 0.15) is 12.8 Å². The molecule has 5 heteroatoms. The van der Waals surface area contributed by atoms with Gasteiger partial charge in [0.15, 0.2) is 0 Å². The van der Waals surface area contributed by atoms with Gasteiger partial charge in [0, 0.05) is 19.8 Å². The molecule has 0 radical (unpaired) electrons. The molecule has 0 aromatic heterocycles. The van der Waals surface area contributed by atoms with E-state index >= 15 is 0 Å². The summed E-state index contributed by atoms with van der Waals surface area (Å²) in [5.41, 5.74) is 0. The van der Waals surface area contributed by atoms with Crippen LogP contribution in [0, 0.1) is 5.92 Å². The largest absolute Gasteiger partial charge is 0.381 e. The maximum absolute atomic E-state index is 11.1. The highest BCUT2D eigenvalue weighted by molar-refractivity contribution is 5.85. The van der Waals surface area contributed by atoms with Gasteiger partial charge in [0.25, 0.3) is 0 Å². The first-order valence-corrected chi connectivity index (χ1v) is 4.82. The molecule has 1 saturated heterocycles. The molecule has 2 N–H and O–H groups in total. The Morgan fingerprint density at radius 2 is 2.07 bits per heavy atom. The summed E-state index contributed by atoms with van der Waals surface area (Å²) >= 11 is 0. The number of nitrogens with one attached hydrogen (secondary N) is 2. The number of rotatable bonds is 4. The van der Waals surface area contributed by atoms with Crippen LogP contribution >= 0.6 is 12.4 Å². The Balaban J connectivity index is 0.00000169. The van der Waals surface area contributed by atoms with Crippen molar-refractivity contribution in [2.45, 2.75) is 12.8 Å². The van der Waals surface area contributed by atoms with Crippen molar-refractivity contribution in [2.24, 2.45) is 5.92 Å². The van der Waals surface area contributed by atoms with Gasteiger partial charge in [-0.3, -0.25) is 4.79 Å². The van der Waals surface area contributed by atoms with Crippen molar-refractivity contribution in [2.75, 3.05) is 33.4 Å². The zero-order chi connectivity index (χ0) is 9.52. The predicted octanol–water partition coefficient (Wildman–Crippen LogP) is 0.170. The van der Waals surface area contributed by atoms with Crippen molar-refractivity contribution in [3.05, 3.63) is 0 Å². The van der Waals surface area contributed by atoms with Crippen LogP contribution in [0.5, 0.6) is 0 Å². The molecule has 0 aromatic carbocycles. The van der Waals surface area contributed by atoms with Crippen molar-refractivity contribution in [3.63, 3.8) is 0 Å². The second kappa shape index (κ2) is 8.03. The molecule has 84 valence electrons. The minimum Gasteiger partial charge on any atom is -0.381 e. The third-order valence-corrected chi connectivity index (χ3v) is 2.27. The fourth-order valence-electron chi connectivity index (χ4n) is 1.43. The van der Waals surface area contributed by atoms with E-state index in [1.165, 1.54) is 0 Å². The zero-order valence-electron chi connectivity index (χ0n) is 8.54. The number of hydrogen-bond acceptors (Lipinski definition) is 3. The van der Waals surface area contributed by atoms with Gasteiger partial charge in [-0.2, -0.15) is 0 Å². The molecule has 0 spiro atoms. The van der Waals surface area contributed by atoms with Crippen LogP contribution < -0.4 is 10.6 Å². The number of carbonyl (C=O) groups excluding carboxylic acids is 1. The van der Waals surface area contributed by atoms with Gasteiger partial charge in [0.05, 0.1) is 6.54 Å². The van der Waals surface area contributed by atoms with Gasteiger partial charge in [-0.1, -0.05) is 0 Å². The summed E-state index contributed by atoms with van der Waals surface area (Å²) in [6.07, 6.45) is 2.14. The highest BCUT2D eigenvalue weighted by atomic mass is 35.5. The van der Waals surface area contributed by atoms with Crippen LogP contribution in [-0.4, -0.2) is 39.3 Å². The van der Waals surface area contributed by atoms with Crippen LogP contribution in [0.3, 0.4) is 0 Å². The van der Waals surface area contributed by atoms with Crippen molar-refractivity contribution >= 4 is 18.3 Å². The Morgan fingerprint density at radius 1 is 1.43 bits per heavy atom. The van der Waals surface area contributed by atoms with Crippen LogP contribution in [-0.2, 0) is 9.53 Å². The van der Waals surface area contributed by atoms with E-state index in [4.69, 9.17) is 4.74 Å². The van der Waals surface area contributed by atoms with E-state index in [1.54, 1.807) is 7.05 Å². The molecule has 1 rings (SSSR count). The highest BCUT2D eigenvalue weighted by Gasteiger charge is 2.13. The lowest BCUT2D eigenvalue weighted by Gasteiger charge is -2.22. The fourth-order valence-corrected chi connectivity index (χ4v) is 1.43. The molecule has 1 aliphatic rings. The molecular weight excluding hydrogens is 204 g/mol. The molecule has 0 aromatic rings. The van der Waals surface area contributed by atoms with E-state index in [9.17, 15) is 4.79 Å². The Morgan fingerprint density at radius 3 is 2.64 bits per heavy atom. The normalized spacial score (nSPS) is 17.2. The highest BCUT2D eigenvalue weighted by Crippen LogP contribution is 2.12. The summed E-state index contributed by atoms with van der Waals surface area (Å²) in [5.74, 6) is 0.684. The second-order valence-electron chi connectivity index (χ2n) is 3.39. The van der Waals surface area contributed by atoms with Gasteiger partial charge in [0.2, 0.25) is 5.91 Å². The van der Waals surface area contributed by atoms with E-state index < -0.39 is 0 Å². The van der Waals surface area contributed by atoms with Gasteiger partial charge in [0.1, 0.15) is 0 Å². The average Bonchev–Trinajstić information content (AvgIpc) is 2.17. The van der Waals surface area contributed by atoms with E-state index in [1.807, 2.05) is 0 Å². The van der Waals surface area contributed by atoms with Crippen molar-refractivity contribution in [3.8, 4) is 0 Å². The molecular formula is C9H19ClN2O2. The van der Waals surface area contributed by atoms with Gasteiger partial charge in [-0.15, -0.1) is 12.4 Å². The number of hydrogen-bond donors (Lipinski definition) is 2. The average molecular weight is 223 g/mol. The second-order valence-corrected chi connectivity index (χ2v) is 3.39. The maximum atomic E-state index is 11.1. The van der Waals surface area contributed by atoms with Gasteiger partial charge in [-0.25, -0.2) is 0 Å². The zero-order valence-corrected chi connectivity index (χ0v) is 9.36. The van der Waals surface area contributed by atoms with E-state index in [-0.39, 0.29) is 18.3 Å². The first kappa shape index (κ1) is 13.7. The Kier molecular flexibility index (Phi) is 7.84. The van der Waals surface area contributed by atoms with Crippen LogP contribution in [0.2, 0.25) is 0 Å². The summed E-state index contributed by atoms with van der Waals surface area (Å²) in [7, 11) is 1.77. The lowest BCUT2D eigenvalue weighted by atomic mass is 10.0. The number of ether oxygens (including phenoxy) is 1. The minimum absolute atomic E-state index is 0. The van der Waals surface area contributed by atoms with E-state index in [0.29, 0.717) is 12.5 Å². The molecule has 1 fully saturated rings. The first-order valence-electron chi connectivity index (χ1n) is 4.82. The molecule has 0 aliphatic carbocycles. The molecule has 0 bridgehead atoms. The van der Waals surface area contributed by atoms with E-state index in [0.717, 1.165) is 32.6 Å². The quantitative estimate of drug-likeness (QED) is 0.713. The third-order valence-electron chi connectivity index (χ3n) is 2.27. The molecule has 0 atom stereocenters. The van der Waals surface area contributed by atoms with Gasteiger partial charge in [-0.05, 0) is 25.8 Å². The molecule has 0 unspecified atom stereocenters. The molecule has 4 nitrogen and oxygen atoms in total. The smallest absolute Gasteiger partial charge is 0.233 e. The first-order chi connectivity index (χ1) is 6.33. The third kappa shape index (κ3) is 5.42. The minimum atomic E-state index is 0. The lowest BCUT2D eigenvalue weighted by Crippen LogP contribution is -2.36. The fraction of sp³-hybridized carbons (Fsp3) is 0.889. The summed E-state index contributed by atoms with van der Waals surface area (Å²) in [4.78, 5) is 11.1. The molecule has 1 amide bonds. The van der Waals surface area contributed by atoms with Crippen LogP contribution in [0.25, 0.3) is 0 Å². The standard InChI is InChI=1S/C9H18N2O2.ClH/c1-10-7-9(12)11-6-8-2-4-13-5-3-8;/h8,10H,2-7H2,1H3,(H,11,12);1H. The van der Waals surface area contributed by atoms with Gasteiger partial charge >= 0.3 is 0 Å². The predicted molar refractivity (Wildman–Crippen MR) is 57.7 cm³/mol.